The van der Waals surface area contributed by atoms with Crippen molar-refractivity contribution in [2.24, 2.45) is 0 Å². The summed E-state index contributed by atoms with van der Waals surface area (Å²) in [7, 11) is -2.70. The van der Waals surface area contributed by atoms with Crippen LogP contribution in [0.5, 0.6) is 0 Å². The number of nitrogens with zero attached hydrogens (tertiary/aromatic N) is 1. The van der Waals surface area contributed by atoms with Crippen LogP contribution in [0.2, 0.25) is 0 Å². The van der Waals surface area contributed by atoms with Gasteiger partial charge in [-0.05, 0) is 36.1 Å². The van der Waals surface area contributed by atoms with Crippen LogP contribution in [-0.2, 0) is 34.9 Å². The van der Waals surface area contributed by atoms with Crippen molar-refractivity contribution in [2.45, 2.75) is 32.2 Å². The van der Waals surface area contributed by atoms with E-state index in [-0.39, 0.29) is 18.4 Å². The Labute approximate surface area is 171 Å². The van der Waals surface area contributed by atoms with Gasteiger partial charge in [0.15, 0.2) is 0 Å². The lowest BCUT2D eigenvalue weighted by Crippen LogP contribution is -2.32. The normalized spacial score (nSPS) is 11.9. The molecule has 1 aromatic heterocycles. The number of rotatable bonds is 9. The highest BCUT2D eigenvalue weighted by Crippen LogP contribution is 2.19. The van der Waals surface area contributed by atoms with Crippen molar-refractivity contribution in [1.82, 2.24) is 15.3 Å². The van der Waals surface area contributed by atoms with Gasteiger partial charge in [-0.15, -0.1) is 0 Å². The molecule has 0 saturated carbocycles. The fraction of sp³-hybridized carbons (Fsp3) is 0.238. The Morgan fingerprint density at radius 1 is 1.07 bits per heavy atom. The summed E-state index contributed by atoms with van der Waals surface area (Å²) in [6.07, 6.45) is 3.47. The number of imidazole rings is 1. The lowest BCUT2D eigenvalue weighted by atomic mass is 10.0. The summed E-state index contributed by atoms with van der Waals surface area (Å²) < 4.78 is 23.9. The number of thiol groups is 1. The van der Waals surface area contributed by atoms with Gasteiger partial charge in [0.25, 0.3) is 0 Å². The number of aromatic amines is 1. The molecule has 0 unspecified atom stereocenters. The van der Waals surface area contributed by atoms with E-state index in [0.717, 1.165) is 23.2 Å². The summed E-state index contributed by atoms with van der Waals surface area (Å²) in [5.74, 6) is 0.616. The smallest absolute Gasteiger partial charge is 0.225 e. The van der Waals surface area contributed by atoms with Crippen molar-refractivity contribution in [3.8, 4) is 0 Å². The minimum Gasteiger partial charge on any atom is -0.347 e. The molecule has 8 heteroatoms. The number of nitrogens with one attached hydrogen (secondary N) is 3. The van der Waals surface area contributed by atoms with Crippen molar-refractivity contribution >= 4 is 22.5 Å². The highest BCUT2D eigenvalue weighted by Gasteiger charge is 2.19. The first kappa shape index (κ1) is 20.6. The maximum absolute atomic E-state index is 12.6. The van der Waals surface area contributed by atoms with Crippen molar-refractivity contribution in [3.63, 3.8) is 0 Å². The van der Waals surface area contributed by atoms with Gasteiger partial charge in [-0.2, -0.15) is 0 Å². The Kier molecular flexibility index (Phi) is 7.02. The van der Waals surface area contributed by atoms with Crippen molar-refractivity contribution in [3.05, 3.63) is 83.4 Å². The number of hydrogen-bond donors (Lipinski definition) is 4. The first-order valence-corrected chi connectivity index (χ1v) is 10.6. The summed E-state index contributed by atoms with van der Waals surface area (Å²) in [6, 6.07) is 16.3. The van der Waals surface area contributed by atoms with Crippen LogP contribution in [0.15, 0.2) is 60.8 Å². The molecule has 152 valence electrons. The topological polar surface area (TPSA) is 104 Å². The van der Waals surface area contributed by atoms with Gasteiger partial charge in [0.1, 0.15) is 5.82 Å². The number of aromatic nitrogens is 2. The van der Waals surface area contributed by atoms with Crippen LogP contribution in [-0.4, -0.2) is 24.3 Å². The van der Waals surface area contributed by atoms with E-state index in [0.29, 0.717) is 17.9 Å². The molecule has 3 rings (SSSR count). The highest BCUT2D eigenvalue weighted by atomic mass is 32.2. The molecule has 0 aliphatic heterocycles. The summed E-state index contributed by atoms with van der Waals surface area (Å²) >= 11 is 0. The molecule has 29 heavy (non-hydrogen) atoms. The lowest BCUT2D eigenvalue weighted by molar-refractivity contribution is -0.121. The SMILES string of the molecule is CCc1c[nH]c([C@H](Cc2ccc(N[SH](=O)=O)cc2)NC(=O)Cc2ccccc2)n1. The molecule has 2 aromatic carbocycles. The van der Waals surface area contributed by atoms with E-state index in [9.17, 15) is 13.2 Å². The van der Waals surface area contributed by atoms with E-state index in [1.54, 1.807) is 12.1 Å². The van der Waals surface area contributed by atoms with Gasteiger partial charge in [0, 0.05) is 11.9 Å². The third-order valence-corrected chi connectivity index (χ3v) is 4.94. The molecule has 0 radical (unpaired) electrons. The number of aryl methyl sites for hydroxylation is 1. The molecule has 3 N–H and O–H groups in total. The average molecular weight is 413 g/mol. The Morgan fingerprint density at radius 2 is 1.79 bits per heavy atom. The molecule has 1 amide bonds. The summed E-state index contributed by atoms with van der Waals surface area (Å²) in [5, 5.41) is 3.07. The third kappa shape index (κ3) is 6.18. The molecule has 1 heterocycles. The Morgan fingerprint density at radius 3 is 2.41 bits per heavy atom. The van der Waals surface area contributed by atoms with Gasteiger partial charge in [-0.1, -0.05) is 49.4 Å². The standard InChI is InChI=1S/C21H24N4O3S/c1-2-17-14-22-21(23-17)19(24-20(26)13-15-6-4-3-5-7-15)12-16-8-10-18(11-9-16)25-29(27)28/h3-11,14,19,29H,2,12-13H2,1H3,(H,22,23)(H,24,26)(H,25,27,28)/t19-/m0/s1. The van der Waals surface area contributed by atoms with E-state index in [4.69, 9.17) is 0 Å². The van der Waals surface area contributed by atoms with Crippen molar-refractivity contribution < 1.29 is 13.2 Å². The van der Waals surface area contributed by atoms with E-state index < -0.39 is 10.9 Å². The second-order valence-corrected chi connectivity index (χ2v) is 7.42. The van der Waals surface area contributed by atoms with Crippen LogP contribution >= 0.6 is 0 Å². The lowest BCUT2D eigenvalue weighted by Gasteiger charge is -2.17. The molecule has 3 aromatic rings. The van der Waals surface area contributed by atoms with Crippen LogP contribution in [0, 0.1) is 0 Å². The van der Waals surface area contributed by atoms with Crippen LogP contribution in [0.25, 0.3) is 0 Å². The van der Waals surface area contributed by atoms with Crippen LogP contribution < -0.4 is 10.0 Å². The number of H-pyrrole nitrogens is 1. The Bertz CT molecular complexity index is 1010. The maximum Gasteiger partial charge on any atom is 0.225 e. The molecule has 0 fully saturated rings. The number of anilines is 1. The van der Waals surface area contributed by atoms with Crippen LogP contribution in [0.3, 0.4) is 0 Å². The number of amides is 1. The molecular weight excluding hydrogens is 388 g/mol. The van der Waals surface area contributed by atoms with Gasteiger partial charge in [-0.3, -0.25) is 9.52 Å². The summed E-state index contributed by atoms with van der Waals surface area (Å²) in [6.45, 7) is 2.02. The predicted molar refractivity (Wildman–Crippen MR) is 113 cm³/mol. The molecule has 0 aliphatic carbocycles. The summed E-state index contributed by atoms with van der Waals surface area (Å²) in [4.78, 5) is 20.4. The fourth-order valence-electron chi connectivity index (χ4n) is 3.04. The first-order valence-electron chi connectivity index (χ1n) is 9.41. The molecule has 7 nitrogen and oxygen atoms in total. The van der Waals surface area contributed by atoms with E-state index in [2.05, 4.69) is 20.0 Å². The van der Waals surface area contributed by atoms with Gasteiger partial charge < -0.3 is 10.3 Å². The minimum atomic E-state index is -2.70. The zero-order chi connectivity index (χ0) is 20.6. The number of hydrogen-bond acceptors (Lipinski definition) is 4. The van der Waals surface area contributed by atoms with Gasteiger partial charge in [0.05, 0.1) is 18.2 Å². The molecule has 0 bridgehead atoms. The molecule has 0 aliphatic rings. The summed E-state index contributed by atoms with van der Waals surface area (Å²) in [5.41, 5.74) is 3.33. The average Bonchev–Trinajstić information content (AvgIpc) is 3.18. The number of carbonyl (C=O) groups is 1. The molecular formula is C21H24N4O3S. The fourth-order valence-corrected chi connectivity index (χ4v) is 3.40. The number of carbonyl (C=O) groups excluding carboxylic acids is 1. The van der Waals surface area contributed by atoms with Crippen molar-refractivity contribution in [2.75, 3.05) is 4.72 Å². The van der Waals surface area contributed by atoms with Crippen LogP contribution in [0.1, 0.15) is 35.6 Å². The van der Waals surface area contributed by atoms with Crippen molar-refractivity contribution in [1.29, 1.82) is 0 Å². The largest absolute Gasteiger partial charge is 0.347 e. The van der Waals surface area contributed by atoms with E-state index in [1.807, 2.05) is 55.6 Å². The minimum absolute atomic E-state index is 0.0858. The molecule has 0 spiro atoms. The second-order valence-electron chi connectivity index (χ2n) is 6.68. The quantitative estimate of drug-likeness (QED) is 0.406. The van der Waals surface area contributed by atoms with Gasteiger partial charge >= 0.3 is 0 Å². The number of benzene rings is 2. The van der Waals surface area contributed by atoms with Gasteiger partial charge in [0.2, 0.25) is 16.8 Å². The zero-order valence-corrected chi connectivity index (χ0v) is 17.0. The van der Waals surface area contributed by atoms with E-state index in [1.165, 1.54) is 0 Å². The zero-order valence-electron chi connectivity index (χ0n) is 16.1. The predicted octanol–water partition coefficient (Wildman–Crippen LogP) is 2.55. The molecule has 0 saturated heterocycles. The first-order chi connectivity index (χ1) is 14.0. The second kappa shape index (κ2) is 9.88. The Balaban J connectivity index is 1.74. The van der Waals surface area contributed by atoms with E-state index >= 15 is 0 Å². The maximum atomic E-state index is 12.6. The third-order valence-electron chi connectivity index (χ3n) is 4.50. The Hall–Kier alpha value is -3.13. The molecule has 1 atom stereocenters. The monoisotopic (exact) mass is 412 g/mol. The van der Waals surface area contributed by atoms with Gasteiger partial charge in [-0.25, -0.2) is 13.4 Å². The highest BCUT2D eigenvalue weighted by molar-refractivity contribution is 7.73. The van der Waals surface area contributed by atoms with Crippen LogP contribution in [0.4, 0.5) is 5.69 Å².